The second-order valence-electron chi connectivity index (χ2n) is 4.80. The molecule has 2 N–H and O–H groups in total. The Bertz CT molecular complexity index is 312. The first-order valence-corrected chi connectivity index (χ1v) is 5.90. The number of rotatable bonds is 6. The topological polar surface area (TPSA) is 85.9 Å². The minimum Gasteiger partial charge on any atom is -0.444 e. The maximum Gasteiger partial charge on any atom is 0.431 e. The van der Waals surface area contributed by atoms with Crippen LogP contribution in [-0.4, -0.2) is 37.0 Å². The third-order valence-electron chi connectivity index (χ3n) is 1.61. The molecule has 0 rings (SSSR count). The molecule has 0 aliphatic rings. The molecule has 7 heteroatoms. The molecule has 0 aliphatic carbocycles. The van der Waals surface area contributed by atoms with Gasteiger partial charge in [0.15, 0.2) is 0 Å². The Morgan fingerprint density at radius 3 is 2.47 bits per heavy atom. The summed E-state index contributed by atoms with van der Waals surface area (Å²) in [6, 6.07) is 0. The number of alkyl carbamates (subject to hydrolysis) is 1. The van der Waals surface area contributed by atoms with Gasteiger partial charge in [-0.3, -0.25) is 4.84 Å². The van der Waals surface area contributed by atoms with Crippen LogP contribution in [0.25, 0.3) is 0 Å². The minimum absolute atomic E-state index is 0.0970. The van der Waals surface area contributed by atoms with Crippen molar-refractivity contribution in [3.05, 3.63) is 12.7 Å². The Morgan fingerprint density at radius 1 is 1.32 bits per heavy atom. The van der Waals surface area contributed by atoms with Gasteiger partial charge in [-0.1, -0.05) is 12.7 Å². The standard InChI is InChI=1S/C12H22N2O5/c1-6-7-17-11(16)14-19-9(2)8-13-10(15)18-12(3,4)5/h6,9H,1,7-8H2,2-5H3,(H,13,15)(H,14,16)/t9-/m0/s1. The molecule has 2 amide bonds. The molecular formula is C12H22N2O5. The molecular weight excluding hydrogens is 252 g/mol. The second kappa shape index (κ2) is 8.36. The molecule has 0 aromatic heterocycles. The number of carbonyl (C=O) groups excluding carboxylic acids is 2. The van der Waals surface area contributed by atoms with Crippen molar-refractivity contribution < 1.29 is 23.9 Å². The van der Waals surface area contributed by atoms with Crippen molar-refractivity contribution in [1.82, 2.24) is 10.8 Å². The molecule has 0 aromatic rings. The molecule has 0 aromatic carbocycles. The molecule has 0 aliphatic heterocycles. The van der Waals surface area contributed by atoms with E-state index in [1.165, 1.54) is 6.08 Å². The van der Waals surface area contributed by atoms with Crippen LogP contribution in [0.1, 0.15) is 27.7 Å². The third kappa shape index (κ3) is 11.1. The highest BCUT2D eigenvalue weighted by molar-refractivity contribution is 5.67. The lowest BCUT2D eigenvalue weighted by atomic mass is 10.2. The van der Waals surface area contributed by atoms with Crippen molar-refractivity contribution in [3.63, 3.8) is 0 Å². The van der Waals surface area contributed by atoms with E-state index in [0.29, 0.717) is 0 Å². The maximum atomic E-state index is 11.3. The molecule has 0 radical (unpaired) electrons. The van der Waals surface area contributed by atoms with E-state index in [9.17, 15) is 9.59 Å². The molecule has 1 atom stereocenters. The van der Waals surface area contributed by atoms with E-state index >= 15 is 0 Å². The predicted octanol–water partition coefficient (Wildman–Crippen LogP) is 1.74. The van der Waals surface area contributed by atoms with Gasteiger partial charge in [-0.2, -0.15) is 5.48 Å². The Hall–Kier alpha value is -1.76. The Labute approximate surface area is 113 Å². The Kier molecular flexibility index (Phi) is 7.59. The fraction of sp³-hybridized carbons (Fsp3) is 0.667. The van der Waals surface area contributed by atoms with Gasteiger partial charge in [-0.15, -0.1) is 0 Å². The smallest absolute Gasteiger partial charge is 0.431 e. The largest absolute Gasteiger partial charge is 0.444 e. The van der Waals surface area contributed by atoms with E-state index in [2.05, 4.69) is 22.1 Å². The summed E-state index contributed by atoms with van der Waals surface area (Å²) in [6.07, 6.45) is -0.252. The molecule has 19 heavy (non-hydrogen) atoms. The van der Waals surface area contributed by atoms with Crippen LogP contribution in [-0.2, 0) is 14.3 Å². The second-order valence-corrected chi connectivity index (χ2v) is 4.80. The van der Waals surface area contributed by atoms with Gasteiger partial charge in [-0.05, 0) is 27.7 Å². The van der Waals surface area contributed by atoms with Crippen LogP contribution >= 0.6 is 0 Å². The SMILES string of the molecule is C=CCOC(=O)NO[C@@H](C)CNC(=O)OC(C)(C)C. The first-order valence-electron chi connectivity index (χ1n) is 5.90. The van der Waals surface area contributed by atoms with Crippen LogP contribution in [0.5, 0.6) is 0 Å². The molecule has 0 saturated carbocycles. The molecule has 0 unspecified atom stereocenters. The lowest BCUT2D eigenvalue weighted by molar-refractivity contribution is -0.0141. The predicted molar refractivity (Wildman–Crippen MR) is 69.5 cm³/mol. The van der Waals surface area contributed by atoms with Gasteiger partial charge < -0.3 is 14.8 Å². The van der Waals surface area contributed by atoms with Crippen LogP contribution in [0.4, 0.5) is 9.59 Å². The summed E-state index contributed by atoms with van der Waals surface area (Å²) in [7, 11) is 0. The average Bonchev–Trinajstić information content (AvgIpc) is 2.29. The summed E-state index contributed by atoms with van der Waals surface area (Å²) in [5, 5.41) is 2.51. The fourth-order valence-electron chi connectivity index (χ4n) is 0.896. The van der Waals surface area contributed by atoms with Gasteiger partial charge in [0.05, 0.1) is 0 Å². The van der Waals surface area contributed by atoms with Crippen LogP contribution in [0.2, 0.25) is 0 Å². The molecule has 0 bridgehead atoms. The zero-order valence-electron chi connectivity index (χ0n) is 11.8. The van der Waals surface area contributed by atoms with Gasteiger partial charge in [-0.25, -0.2) is 9.59 Å². The lowest BCUT2D eigenvalue weighted by Crippen LogP contribution is -2.39. The maximum absolute atomic E-state index is 11.3. The van der Waals surface area contributed by atoms with Crippen molar-refractivity contribution in [2.24, 2.45) is 0 Å². The number of hydrogen-bond acceptors (Lipinski definition) is 5. The molecule has 0 fully saturated rings. The minimum atomic E-state index is -0.719. The first kappa shape index (κ1) is 17.2. The molecule has 0 heterocycles. The zero-order chi connectivity index (χ0) is 14.9. The van der Waals surface area contributed by atoms with Crippen LogP contribution in [0, 0.1) is 0 Å². The van der Waals surface area contributed by atoms with Crippen molar-refractivity contribution in [2.75, 3.05) is 13.2 Å². The molecule has 0 spiro atoms. The summed E-state index contributed by atoms with van der Waals surface area (Å²) in [6.45, 7) is 10.7. The van der Waals surface area contributed by atoms with E-state index < -0.39 is 23.9 Å². The van der Waals surface area contributed by atoms with Gasteiger partial charge in [0, 0.05) is 6.54 Å². The summed E-state index contributed by atoms with van der Waals surface area (Å²) < 4.78 is 9.67. The van der Waals surface area contributed by atoms with Gasteiger partial charge in [0.2, 0.25) is 0 Å². The third-order valence-corrected chi connectivity index (χ3v) is 1.61. The average molecular weight is 274 g/mol. The van der Waals surface area contributed by atoms with Crippen LogP contribution in [0.3, 0.4) is 0 Å². The summed E-state index contributed by atoms with van der Waals surface area (Å²) in [5.74, 6) is 0. The normalized spacial score (nSPS) is 12.2. The van der Waals surface area contributed by atoms with Crippen LogP contribution in [0.15, 0.2) is 12.7 Å². The van der Waals surface area contributed by atoms with Gasteiger partial charge in [0.1, 0.15) is 18.3 Å². The summed E-state index contributed by atoms with van der Waals surface area (Å²) >= 11 is 0. The first-order chi connectivity index (χ1) is 8.74. The van der Waals surface area contributed by atoms with E-state index in [4.69, 9.17) is 9.57 Å². The van der Waals surface area contributed by atoms with Crippen molar-refractivity contribution >= 4 is 12.2 Å². The van der Waals surface area contributed by atoms with E-state index in [-0.39, 0.29) is 13.2 Å². The highest BCUT2D eigenvalue weighted by Gasteiger charge is 2.16. The lowest BCUT2D eigenvalue weighted by Gasteiger charge is -2.20. The molecule has 7 nitrogen and oxygen atoms in total. The summed E-state index contributed by atoms with van der Waals surface area (Å²) in [5.41, 5.74) is 1.53. The Balaban J connectivity index is 3.75. The van der Waals surface area contributed by atoms with E-state index in [0.717, 1.165) is 0 Å². The number of ether oxygens (including phenoxy) is 2. The monoisotopic (exact) mass is 274 g/mol. The number of hydroxylamine groups is 1. The van der Waals surface area contributed by atoms with Gasteiger partial charge >= 0.3 is 12.2 Å². The highest BCUT2D eigenvalue weighted by Crippen LogP contribution is 2.06. The highest BCUT2D eigenvalue weighted by atomic mass is 16.7. The van der Waals surface area contributed by atoms with Crippen molar-refractivity contribution in [2.45, 2.75) is 39.4 Å². The van der Waals surface area contributed by atoms with E-state index in [1.54, 1.807) is 27.7 Å². The molecule has 0 saturated heterocycles. The Morgan fingerprint density at radius 2 is 1.95 bits per heavy atom. The fourth-order valence-corrected chi connectivity index (χ4v) is 0.896. The quantitative estimate of drug-likeness (QED) is 0.569. The van der Waals surface area contributed by atoms with Crippen LogP contribution < -0.4 is 10.8 Å². The molecule has 110 valence electrons. The van der Waals surface area contributed by atoms with Crippen molar-refractivity contribution in [1.29, 1.82) is 0 Å². The van der Waals surface area contributed by atoms with Crippen molar-refractivity contribution in [3.8, 4) is 0 Å². The zero-order valence-corrected chi connectivity index (χ0v) is 11.8. The summed E-state index contributed by atoms with van der Waals surface area (Å²) in [4.78, 5) is 27.3. The van der Waals surface area contributed by atoms with Gasteiger partial charge in [0.25, 0.3) is 0 Å². The number of nitrogens with one attached hydrogen (secondary N) is 2. The van der Waals surface area contributed by atoms with E-state index in [1.807, 2.05) is 0 Å². The number of hydrogen-bond donors (Lipinski definition) is 2. The number of carbonyl (C=O) groups is 2. The number of amides is 2.